The van der Waals surface area contributed by atoms with E-state index in [1.165, 1.54) is 24.8 Å². The second-order valence-corrected chi connectivity index (χ2v) is 8.62. The molecule has 0 aliphatic heterocycles. The molecule has 1 atom stereocenters. The molecular formula is C17H12Cl3IN5OP. The third-order valence-corrected chi connectivity index (χ3v) is 5.71. The lowest BCUT2D eigenvalue weighted by molar-refractivity contribution is 0.306. The number of benzene rings is 1. The van der Waals surface area contributed by atoms with E-state index in [9.17, 15) is 0 Å². The van der Waals surface area contributed by atoms with Gasteiger partial charge in [-0.2, -0.15) is 0 Å². The van der Waals surface area contributed by atoms with Crippen LogP contribution >= 0.6 is 63.2 Å². The second kappa shape index (κ2) is 9.98. The van der Waals surface area contributed by atoms with Gasteiger partial charge in [-0.25, -0.2) is 9.97 Å². The Labute approximate surface area is 191 Å². The van der Waals surface area contributed by atoms with Crippen LogP contribution < -0.4 is 9.82 Å². The van der Waals surface area contributed by atoms with Crippen LogP contribution in [0, 0.1) is 5.41 Å². The van der Waals surface area contributed by atoms with Gasteiger partial charge in [0.05, 0.1) is 15.8 Å². The molecule has 2 aromatic heterocycles. The van der Waals surface area contributed by atoms with E-state index in [-0.39, 0.29) is 17.6 Å². The minimum absolute atomic E-state index is 0.131. The maximum atomic E-state index is 8.55. The average molecular weight is 567 g/mol. The molecule has 0 fully saturated rings. The Kier molecular flexibility index (Phi) is 7.65. The molecule has 11 heteroatoms. The number of hydrogen-bond acceptors (Lipinski definition) is 6. The summed E-state index contributed by atoms with van der Waals surface area (Å²) < 4.78 is 5.86. The van der Waals surface area contributed by atoms with Crippen LogP contribution in [0.15, 0.2) is 43.0 Å². The van der Waals surface area contributed by atoms with E-state index in [1.807, 2.05) is 12.1 Å². The molecule has 0 amide bonds. The van der Waals surface area contributed by atoms with Gasteiger partial charge in [-0.1, -0.05) is 23.2 Å². The molecule has 6 nitrogen and oxygen atoms in total. The molecule has 0 saturated heterocycles. The summed E-state index contributed by atoms with van der Waals surface area (Å²) in [5, 5.41) is 12.8. The Morgan fingerprint density at radius 2 is 1.79 bits per heavy atom. The van der Waals surface area contributed by atoms with Crippen LogP contribution in [0.1, 0.15) is 16.7 Å². The fraction of sp³-hybridized carbons (Fsp3) is 0.0588. The van der Waals surface area contributed by atoms with Crippen molar-refractivity contribution in [2.75, 3.05) is 5.09 Å². The van der Waals surface area contributed by atoms with Crippen molar-refractivity contribution in [2.24, 2.45) is 0 Å². The maximum Gasteiger partial charge on any atom is 0.222 e. The molecule has 0 aliphatic carbocycles. The van der Waals surface area contributed by atoms with Gasteiger partial charge in [0, 0.05) is 53.5 Å². The first-order valence-electron chi connectivity index (χ1n) is 7.73. The molecule has 3 rings (SSSR count). The zero-order valence-electron chi connectivity index (χ0n) is 14.0. The molecule has 1 aromatic carbocycles. The lowest BCUT2D eigenvalue weighted by Gasteiger charge is -2.15. The van der Waals surface area contributed by atoms with Crippen molar-refractivity contribution < 1.29 is 4.74 Å². The van der Waals surface area contributed by atoms with Crippen LogP contribution in [-0.2, 0) is 6.61 Å². The van der Waals surface area contributed by atoms with Gasteiger partial charge < -0.3 is 9.82 Å². The Hall–Kier alpha value is -1.25. The van der Waals surface area contributed by atoms with Crippen molar-refractivity contribution in [3.8, 4) is 5.75 Å². The molecule has 0 spiro atoms. The van der Waals surface area contributed by atoms with E-state index in [1.54, 1.807) is 6.07 Å². The number of halogens is 4. The first kappa shape index (κ1) is 21.5. The van der Waals surface area contributed by atoms with Gasteiger partial charge in [-0.3, -0.25) is 10.4 Å². The smallest absolute Gasteiger partial charge is 0.222 e. The highest BCUT2D eigenvalue weighted by Crippen LogP contribution is 2.32. The summed E-state index contributed by atoms with van der Waals surface area (Å²) in [6.07, 6.45) is 6.50. The summed E-state index contributed by atoms with van der Waals surface area (Å²) >= 11 is 20.3. The lowest BCUT2D eigenvalue weighted by atomic mass is 10.0. The Bertz CT molecular complexity index is 986. The molecule has 0 bridgehead atoms. The van der Waals surface area contributed by atoms with Crippen LogP contribution in [0.4, 0.5) is 5.69 Å². The van der Waals surface area contributed by atoms with Crippen molar-refractivity contribution in [3.05, 3.63) is 75.0 Å². The van der Waals surface area contributed by atoms with Crippen molar-refractivity contribution in [1.29, 1.82) is 5.41 Å². The summed E-state index contributed by atoms with van der Waals surface area (Å²) in [5.74, 6) is 0.570. The zero-order chi connectivity index (χ0) is 20.1. The van der Waals surface area contributed by atoms with Gasteiger partial charge in [-0.05, 0) is 51.8 Å². The van der Waals surface area contributed by atoms with Crippen LogP contribution in [0.2, 0.25) is 15.3 Å². The van der Waals surface area contributed by atoms with Gasteiger partial charge in [-0.15, -0.1) is 0 Å². The number of nitrogens with one attached hydrogen (secondary N) is 2. The normalized spacial score (nSPS) is 11.0. The zero-order valence-corrected chi connectivity index (χ0v) is 19.4. The van der Waals surface area contributed by atoms with Gasteiger partial charge in [0.2, 0.25) is 5.28 Å². The van der Waals surface area contributed by atoms with Crippen LogP contribution in [0.3, 0.4) is 0 Å². The van der Waals surface area contributed by atoms with Crippen molar-refractivity contribution in [1.82, 2.24) is 15.0 Å². The topological polar surface area (TPSA) is 83.8 Å². The number of nitrogens with zero attached hydrogens (tertiary/aromatic N) is 3. The van der Waals surface area contributed by atoms with E-state index < -0.39 is 0 Å². The number of pyridine rings is 1. The molecule has 144 valence electrons. The van der Waals surface area contributed by atoms with E-state index in [4.69, 9.17) is 44.9 Å². The molecule has 0 saturated carbocycles. The monoisotopic (exact) mass is 565 g/mol. The quantitative estimate of drug-likeness (QED) is 0.154. The lowest BCUT2D eigenvalue weighted by Crippen LogP contribution is -2.07. The minimum atomic E-state index is 0.131. The Morgan fingerprint density at radius 1 is 1.11 bits per heavy atom. The molecule has 3 aromatic rings. The van der Waals surface area contributed by atoms with Crippen molar-refractivity contribution in [2.45, 2.75) is 6.61 Å². The van der Waals surface area contributed by atoms with Crippen molar-refractivity contribution in [3.63, 3.8) is 0 Å². The number of aromatic nitrogens is 3. The molecule has 2 N–H and O–H groups in total. The first-order chi connectivity index (χ1) is 13.5. The second-order valence-electron chi connectivity index (χ2n) is 5.41. The number of rotatable bonds is 7. The highest BCUT2D eigenvalue weighted by atomic mass is 127. The third-order valence-electron chi connectivity index (χ3n) is 3.69. The van der Waals surface area contributed by atoms with E-state index in [0.717, 1.165) is 5.69 Å². The van der Waals surface area contributed by atoms with E-state index >= 15 is 0 Å². The highest BCUT2D eigenvalue weighted by molar-refractivity contribution is 14.2. The van der Waals surface area contributed by atoms with E-state index in [2.05, 4.69) is 42.1 Å². The predicted molar refractivity (Wildman–Crippen MR) is 124 cm³/mol. The van der Waals surface area contributed by atoms with Crippen LogP contribution in [0.5, 0.6) is 5.75 Å². The van der Waals surface area contributed by atoms with Gasteiger partial charge in [0.15, 0.2) is 0 Å². The third kappa shape index (κ3) is 5.21. The Morgan fingerprint density at radius 3 is 2.43 bits per heavy atom. The maximum absolute atomic E-state index is 8.55. The number of anilines is 1. The fourth-order valence-corrected chi connectivity index (χ4v) is 4.07. The standard InChI is InChI=1S/C17H12Cl3IN5OP/c18-13-6-23-7-14(19)12(13)8-27-10-1-2-15(26-28-21)11(3-10)16(22)9-4-24-17(20)25-5-9/h1-7,22,26,28H,8H2. The number of hydrogen-bond donors (Lipinski definition) is 2. The minimum Gasteiger partial charge on any atom is -0.489 e. The van der Waals surface area contributed by atoms with Crippen molar-refractivity contribution >= 4 is 74.6 Å². The first-order valence-corrected chi connectivity index (χ1v) is 13.0. The fourth-order valence-electron chi connectivity index (χ4n) is 2.31. The molecule has 0 aliphatic rings. The number of ether oxygens (including phenoxy) is 1. The SMILES string of the molecule is N=C(c1cnc(Cl)nc1)c1cc(OCc2c(Cl)cncc2Cl)ccc1NPI. The van der Waals surface area contributed by atoms with Gasteiger partial charge in [0.1, 0.15) is 12.4 Å². The summed E-state index contributed by atoms with van der Waals surface area (Å²) in [7, 11) is 0. The molecular weight excluding hydrogens is 554 g/mol. The predicted octanol–water partition coefficient (Wildman–Crippen LogP) is 6.18. The highest BCUT2D eigenvalue weighted by Gasteiger charge is 2.14. The Balaban J connectivity index is 1.88. The molecule has 2 heterocycles. The summed E-state index contributed by atoms with van der Waals surface area (Å²) in [6, 6.07) is 5.45. The van der Waals surface area contributed by atoms with E-state index in [0.29, 0.717) is 38.9 Å². The molecule has 28 heavy (non-hydrogen) atoms. The largest absolute Gasteiger partial charge is 0.489 e. The van der Waals surface area contributed by atoms with Gasteiger partial charge >= 0.3 is 0 Å². The van der Waals surface area contributed by atoms with Crippen LogP contribution in [-0.4, -0.2) is 20.7 Å². The summed E-state index contributed by atoms with van der Waals surface area (Å²) in [4.78, 5) is 11.8. The molecule has 1 unspecified atom stereocenters. The summed E-state index contributed by atoms with van der Waals surface area (Å²) in [5.41, 5.74) is 2.90. The summed E-state index contributed by atoms with van der Waals surface area (Å²) in [6.45, 7) is 0.178. The average Bonchev–Trinajstić information content (AvgIpc) is 2.69. The molecule has 0 radical (unpaired) electrons. The van der Waals surface area contributed by atoms with Crippen LogP contribution in [0.25, 0.3) is 0 Å². The van der Waals surface area contributed by atoms with Gasteiger partial charge in [0.25, 0.3) is 0 Å².